The molecule has 4 heteroatoms. The van der Waals surface area contributed by atoms with Crippen molar-refractivity contribution < 1.29 is 4.74 Å². The van der Waals surface area contributed by atoms with E-state index in [-0.39, 0.29) is 5.54 Å². The number of benzene rings is 1. The molecule has 2 aliphatic rings. The van der Waals surface area contributed by atoms with Crippen LogP contribution in [0.1, 0.15) is 16.8 Å². The Morgan fingerprint density at radius 2 is 1.90 bits per heavy atom. The minimum Gasteiger partial charge on any atom is -0.463 e. The van der Waals surface area contributed by atoms with E-state index in [0.717, 1.165) is 18.5 Å². The topological polar surface area (TPSA) is 60.5 Å². The maximum atomic E-state index is 5.68. The Kier molecular flexibility index (Phi) is 2.55. The van der Waals surface area contributed by atoms with E-state index in [2.05, 4.69) is 34.2 Å². The van der Waals surface area contributed by atoms with Crippen molar-refractivity contribution in [3.8, 4) is 11.1 Å². The Morgan fingerprint density at radius 1 is 1.10 bits per heavy atom. The maximum Gasteiger partial charge on any atom is 0.282 e. The van der Waals surface area contributed by atoms with Crippen molar-refractivity contribution in [1.82, 2.24) is 4.98 Å². The zero-order valence-electron chi connectivity index (χ0n) is 12.0. The molecule has 1 aliphatic heterocycles. The van der Waals surface area contributed by atoms with Crippen LogP contribution in [0.5, 0.6) is 0 Å². The Bertz CT molecular complexity index is 753. The summed E-state index contributed by atoms with van der Waals surface area (Å²) >= 11 is 0. The minimum atomic E-state index is -0.167. The molecule has 4 rings (SSSR count). The Morgan fingerprint density at radius 3 is 2.67 bits per heavy atom. The number of aliphatic imine (C=N–C) groups is 1. The molecule has 1 aromatic carbocycles. The zero-order valence-corrected chi connectivity index (χ0v) is 12.0. The van der Waals surface area contributed by atoms with Gasteiger partial charge in [0.1, 0.15) is 12.1 Å². The number of aromatic nitrogens is 1. The first kappa shape index (κ1) is 12.4. The molecule has 21 heavy (non-hydrogen) atoms. The molecule has 1 unspecified atom stereocenters. The largest absolute Gasteiger partial charge is 0.463 e. The highest BCUT2D eigenvalue weighted by atomic mass is 16.5. The highest BCUT2D eigenvalue weighted by molar-refractivity contribution is 5.74. The number of fused-ring (bicyclic) bond motifs is 1. The van der Waals surface area contributed by atoms with Crippen molar-refractivity contribution in [3.63, 3.8) is 0 Å². The standard InChI is InChI=1S/C17H17N3O/c1-11-6-13(4-5-19-11)12-2-3-14-8-17(9-15(14)7-12)10-21-16(18)20-17/h2-7H,8-10H2,1H3,(H2,18,20). The first-order valence-electron chi connectivity index (χ1n) is 7.17. The van der Waals surface area contributed by atoms with E-state index in [0.29, 0.717) is 12.6 Å². The zero-order chi connectivity index (χ0) is 14.4. The molecule has 0 radical (unpaired) electrons. The average molecular weight is 279 g/mol. The van der Waals surface area contributed by atoms with Gasteiger partial charge in [-0.15, -0.1) is 0 Å². The summed E-state index contributed by atoms with van der Waals surface area (Å²) in [5.74, 6) is 0. The van der Waals surface area contributed by atoms with Gasteiger partial charge in [0.15, 0.2) is 0 Å². The molecular formula is C17H17N3O. The molecule has 0 amide bonds. The summed E-state index contributed by atoms with van der Waals surface area (Å²) in [5, 5.41) is 0. The van der Waals surface area contributed by atoms with Gasteiger partial charge in [-0.3, -0.25) is 4.98 Å². The van der Waals surface area contributed by atoms with Gasteiger partial charge in [-0.05, 0) is 41.3 Å². The Hall–Kier alpha value is -2.36. The minimum absolute atomic E-state index is 0.167. The molecule has 1 spiro atoms. The third-order valence-electron chi connectivity index (χ3n) is 4.31. The number of hydrogen-bond acceptors (Lipinski definition) is 4. The second-order valence-electron chi connectivity index (χ2n) is 5.99. The fraction of sp³-hybridized carbons (Fsp3) is 0.294. The van der Waals surface area contributed by atoms with Crippen molar-refractivity contribution >= 4 is 6.02 Å². The summed E-state index contributed by atoms with van der Waals surface area (Å²) in [6.45, 7) is 2.61. The van der Waals surface area contributed by atoms with Gasteiger partial charge in [-0.2, -0.15) is 0 Å². The van der Waals surface area contributed by atoms with E-state index < -0.39 is 0 Å². The molecule has 4 nitrogen and oxygen atoms in total. The molecule has 0 bridgehead atoms. The van der Waals surface area contributed by atoms with Crippen LogP contribution in [-0.2, 0) is 17.6 Å². The molecule has 1 atom stereocenters. The molecule has 1 aromatic heterocycles. The summed E-state index contributed by atoms with van der Waals surface area (Å²) in [6, 6.07) is 11.1. The van der Waals surface area contributed by atoms with Crippen LogP contribution in [0, 0.1) is 6.92 Å². The SMILES string of the molecule is Cc1cc(-c2ccc3c(c2)CC2(COC(N)=N2)C3)ccn1. The molecule has 106 valence electrons. The lowest BCUT2D eigenvalue weighted by Crippen LogP contribution is -2.28. The summed E-state index contributed by atoms with van der Waals surface area (Å²) < 4.78 is 5.37. The third-order valence-corrected chi connectivity index (χ3v) is 4.31. The van der Waals surface area contributed by atoms with Crippen molar-refractivity contribution in [3.05, 3.63) is 53.3 Å². The van der Waals surface area contributed by atoms with Crippen LogP contribution in [-0.4, -0.2) is 23.2 Å². The fourth-order valence-electron chi connectivity index (χ4n) is 3.33. The molecule has 0 saturated heterocycles. The second kappa shape index (κ2) is 4.32. The molecule has 2 N–H and O–H groups in total. The van der Waals surface area contributed by atoms with Crippen LogP contribution in [0.15, 0.2) is 41.5 Å². The molecule has 1 aliphatic carbocycles. The highest BCUT2D eigenvalue weighted by Gasteiger charge is 2.41. The van der Waals surface area contributed by atoms with Gasteiger partial charge in [0.25, 0.3) is 6.02 Å². The highest BCUT2D eigenvalue weighted by Crippen LogP contribution is 2.37. The van der Waals surface area contributed by atoms with Crippen molar-refractivity contribution in [1.29, 1.82) is 0 Å². The van der Waals surface area contributed by atoms with Crippen LogP contribution >= 0.6 is 0 Å². The van der Waals surface area contributed by atoms with Crippen molar-refractivity contribution in [2.45, 2.75) is 25.3 Å². The number of nitrogens with zero attached hydrogens (tertiary/aromatic N) is 2. The van der Waals surface area contributed by atoms with E-state index in [4.69, 9.17) is 10.5 Å². The van der Waals surface area contributed by atoms with E-state index in [1.54, 1.807) is 0 Å². The molecule has 2 aromatic rings. The molecule has 2 heterocycles. The van der Waals surface area contributed by atoms with Crippen LogP contribution in [0.2, 0.25) is 0 Å². The summed E-state index contributed by atoms with van der Waals surface area (Å²) in [7, 11) is 0. The molecule has 0 fully saturated rings. The number of rotatable bonds is 1. The lowest BCUT2D eigenvalue weighted by atomic mass is 9.98. The smallest absolute Gasteiger partial charge is 0.282 e. The van der Waals surface area contributed by atoms with Gasteiger partial charge in [0, 0.05) is 24.7 Å². The van der Waals surface area contributed by atoms with E-state index in [1.165, 1.54) is 22.3 Å². The predicted octanol–water partition coefficient (Wildman–Crippen LogP) is 2.24. The normalized spacial score (nSPS) is 23.0. The Balaban J connectivity index is 1.70. The number of hydrogen-bond donors (Lipinski definition) is 1. The second-order valence-corrected chi connectivity index (χ2v) is 5.99. The van der Waals surface area contributed by atoms with Gasteiger partial charge in [-0.1, -0.05) is 18.2 Å². The number of pyridine rings is 1. The summed E-state index contributed by atoms with van der Waals surface area (Å²) in [5.41, 5.74) is 11.7. The first-order chi connectivity index (χ1) is 10.1. The maximum absolute atomic E-state index is 5.68. The van der Waals surface area contributed by atoms with E-state index >= 15 is 0 Å². The lowest BCUT2D eigenvalue weighted by Gasteiger charge is -2.15. The van der Waals surface area contributed by atoms with E-state index in [9.17, 15) is 0 Å². The average Bonchev–Trinajstić information content (AvgIpc) is 3.00. The first-order valence-corrected chi connectivity index (χ1v) is 7.17. The van der Waals surface area contributed by atoms with Crippen LogP contribution in [0.25, 0.3) is 11.1 Å². The van der Waals surface area contributed by atoms with Crippen molar-refractivity contribution in [2.75, 3.05) is 6.61 Å². The quantitative estimate of drug-likeness (QED) is 0.871. The van der Waals surface area contributed by atoms with E-state index in [1.807, 2.05) is 19.2 Å². The number of ether oxygens (including phenoxy) is 1. The van der Waals surface area contributed by atoms with Crippen molar-refractivity contribution in [2.24, 2.45) is 10.7 Å². The van der Waals surface area contributed by atoms with Gasteiger partial charge < -0.3 is 10.5 Å². The third kappa shape index (κ3) is 2.07. The Labute approximate surface area is 123 Å². The van der Waals surface area contributed by atoms with Crippen LogP contribution < -0.4 is 5.73 Å². The molecule has 0 saturated carbocycles. The van der Waals surface area contributed by atoms with Crippen LogP contribution in [0.4, 0.5) is 0 Å². The summed E-state index contributed by atoms with van der Waals surface area (Å²) in [6.07, 6.45) is 3.68. The number of amidine groups is 1. The van der Waals surface area contributed by atoms with Crippen LogP contribution in [0.3, 0.4) is 0 Å². The van der Waals surface area contributed by atoms with Gasteiger partial charge in [-0.25, -0.2) is 4.99 Å². The monoisotopic (exact) mass is 279 g/mol. The molecular weight excluding hydrogens is 262 g/mol. The van der Waals surface area contributed by atoms with Gasteiger partial charge in [0.2, 0.25) is 0 Å². The fourth-order valence-corrected chi connectivity index (χ4v) is 3.33. The summed E-state index contributed by atoms with van der Waals surface area (Å²) in [4.78, 5) is 8.77. The van der Waals surface area contributed by atoms with Gasteiger partial charge >= 0.3 is 0 Å². The number of aryl methyl sites for hydroxylation is 1. The predicted molar refractivity (Wildman–Crippen MR) is 82.1 cm³/mol. The van der Waals surface area contributed by atoms with Gasteiger partial charge in [0.05, 0.1) is 0 Å². The lowest BCUT2D eigenvalue weighted by molar-refractivity contribution is 0.258. The number of nitrogens with two attached hydrogens (primary N) is 1.